The third kappa shape index (κ3) is 4.91. The van der Waals surface area contributed by atoms with E-state index in [2.05, 4.69) is 76.0 Å². The van der Waals surface area contributed by atoms with Gasteiger partial charge in [0.25, 0.3) is 0 Å². The Morgan fingerprint density at radius 1 is 0.900 bits per heavy atom. The van der Waals surface area contributed by atoms with E-state index >= 15 is 0 Å². The van der Waals surface area contributed by atoms with E-state index in [1.54, 1.807) is 7.11 Å². The molecule has 0 aliphatic heterocycles. The number of ether oxygens (including phenoxy) is 1. The average molecular weight is 403 g/mol. The maximum atomic E-state index is 5.26. The summed E-state index contributed by atoms with van der Waals surface area (Å²) in [4.78, 5) is 7.40. The minimum atomic E-state index is 0.882. The number of pyridine rings is 1. The second-order valence-electron chi connectivity index (χ2n) is 8.07. The Morgan fingerprint density at radius 2 is 1.53 bits per heavy atom. The molecule has 0 fully saturated rings. The zero-order chi connectivity index (χ0) is 21.7. The Labute approximate surface area is 181 Å². The lowest BCUT2D eigenvalue weighted by atomic mass is 9.93. The van der Waals surface area contributed by atoms with Gasteiger partial charge in [0.2, 0.25) is 0 Å². The summed E-state index contributed by atoms with van der Waals surface area (Å²) in [5.74, 6) is 0.895. The molecule has 0 aliphatic carbocycles. The largest absolute Gasteiger partial charge is 0.497 e. The molecule has 1 aromatic heterocycles. The monoisotopic (exact) mass is 402 g/mol. The fourth-order valence-electron chi connectivity index (χ4n) is 4.17. The molecular formula is C27H34N2O. The number of aromatic nitrogens is 1. The lowest BCUT2D eigenvalue weighted by Gasteiger charge is -2.21. The Bertz CT molecular complexity index is 947. The molecule has 0 aliphatic rings. The molecule has 0 radical (unpaired) electrons. The fraction of sp³-hybridized carbons (Fsp3) is 0.370. The molecule has 0 N–H and O–H groups in total. The molecule has 0 atom stereocenters. The van der Waals surface area contributed by atoms with Gasteiger partial charge in [0.15, 0.2) is 0 Å². The Balaban J connectivity index is 1.85. The van der Waals surface area contributed by atoms with Crippen LogP contribution in [-0.4, -0.2) is 24.0 Å². The number of rotatable bonds is 8. The van der Waals surface area contributed by atoms with Crippen LogP contribution < -0.4 is 4.74 Å². The molecule has 0 bridgehead atoms. The van der Waals surface area contributed by atoms with Crippen molar-refractivity contribution in [2.24, 2.45) is 0 Å². The quantitative estimate of drug-likeness (QED) is 0.453. The first-order valence-corrected chi connectivity index (χ1v) is 10.9. The number of methoxy groups -OCH3 is 1. The summed E-state index contributed by atoms with van der Waals surface area (Å²) in [7, 11) is 3.87. The summed E-state index contributed by atoms with van der Waals surface area (Å²) in [5, 5.41) is 0. The number of nitrogens with zero attached hydrogens (tertiary/aromatic N) is 2. The highest BCUT2D eigenvalue weighted by Gasteiger charge is 2.15. The standard InChI is InChI=1S/C27H34N2O/c1-7-22-10-9-11-23(8-2)27(22)26-16-19(3)25(20(4)28-26)18-29(5)17-21-12-14-24(30-6)15-13-21/h9-16H,7-8,17-18H2,1-6H3. The second kappa shape index (κ2) is 9.90. The highest BCUT2D eigenvalue weighted by Crippen LogP contribution is 2.30. The topological polar surface area (TPSA) is 25.4 Å². The van der Waals surface area contributed by atoms with Crippen molar-refractivity contribution in [3.63, 3.8) is 0 Å². The van der Waals surface area contributed by atoms with Crippen LogP contribution in [0.1, 0.15) is 47.4 Å². The molecule has 0 spiro atoms. The Morgan fingerprint density at radius 3 is 2.07 bits per heavy atom. The van der Waals surface area contributed by atoms with E-state index in [1.165, 1.54) is 33.4 Å². The van der Waals surface area contributed by atoms with Crippen molar-refractivity contribution in [3.05, 3.63) is 82.0 Å². The molecule has 3 aromatic rings. The van der Waals surface area contributed by atoms with Gasteiger partial charge in [-0.15, -0.1) is 0 Å². The minimum Gasteiger partial charge on any atom is -0.497 e. The molecule has 0 saturated carbocycles. The van der Waals surface area contributed by atoms with Crippen molar-refractivity contribution < 1.29 is 4.74 Å². The predicted molar refractivity (Wildman–Crippen MR) is 126 cm³/mol. The van der Waals surface area contributed by atoms with Crippen LogP contribution in [0.4, 0.5) is 0 Å². The molecule has 158 valence electrons. The van der Waals surface area contributed by atoms with Gasteiger partial charge in [-0.05, 0) is 79.8 Å². The molecule has 3 rings (SSSR count). The smallest absolute Gasteiger partial charge is 0.118 e. The summed E-state index contributed by atoms with van der Waals surface area (Å²) in [5.41, 5.74) is 10.2. The zero-order valence-corrected chi connectivity index (χ0v) is 19.2. The van der Waals surface area contributed by atoms with Gasteiger partial charge < -0.3 is 4.74 Å². The number of hydrogen-bond donors (Lipinski definition) is 0. The summed E-state index contributed by atoms with van der Waals surface area (Å²) in [6.07, 6.45) is 2.05. The van der Waals surface area contributed by atoms with Gasteiger partial charge in [0.05, 0.1) is 12.8 Å². The first-order chi connectivity index (χ1) is 14.5. The van der Waals surface area contributed by atoms with Crippen LogP contribution in [0.25, 0.3) is 11.3 Å². The Kier molecular flexibility index (Phi) is 7.28. The van der Waals surface area contributed by atoms with Gasteiger partial charge >= 0.3 is 0 Å². The fourth-order valence-corrected chi connectivity index (χ4v) is 4.17. The van der Waals surface area contributed by atoms with E-state index in [-0.39, 0.29) is 0 Å². The van der Waals surface area contributed by atoms with E-state index in [9.17, 15) is 0 Å². The molecular weight excluding hydrogens is 368 g/mol. The number of hydrogen-bond acceptors (Lipinski definition) is 3. The van der Waals surface area contributed by atoms with Crippen LogP contribution in [0.5, 0.6) is 5.75 Å². The molecule has 30 heavy (non-hydrogen) atoms. The molecule has 0 saturated heterocycles. The molecule has 3 nitrogen and oxygen atoms in total. The van der Waals surface area contributed by atoms with Gasteiger partial charge in [-0.2, -0.15) is 0 Å². The lowest BCUT2D eigenvalue weighted by molar-refractivity contribution is 0.317. The van der Waals surface area contributed by atoms with E-state index in [1.807, 2.05) is 12.1 Å². The van der Waals surface area contributed by atoms with Crippen LogP contribution in [0.15, 0.2) is 48.5 Å². The van der Waals surface area contributed by atoms with Gasteiger partial charge in [0.1, 0.15) is 5.75 Å². The summed E-state index contributed by atoms with van der Waals surface area (Å²) >= 11 is 0. The van der Waals surface area contributed by atoms with E-state index in [0.717, 1.165) is 43.1 Å². The van der Waals surface area contributed by atoms with Gasteiger partial charge in [-0.3, -0.25) is 9.88 Å². The van der Waals surface area contributed by atoms with Crippen LogP contribution in [0.2, 0.25) is 0 Å². The Hall–Kier alpha value is -2.65. The average Bonchev–Trinajstić information content (AvgIpc) is 2.76. The first kappa shape index (κ1) is 22.0. The number of benzene rings is 2. The van der Waals surface area contributed by atoms with E-state index in [4.69, 9.17) is 9.72 Å². The second-order valence-corrected chi connectivity index (χ2v) is 8.07. The predicted octanol–water partition coefficient (Wildman–Crippen LogP) is 6.13. The van der Waals surface area contributed by atoms with Crippen LogP contribution in [-0.2, 0) is 25.9 Å². The maximum Gasteiger partial charge on any atom is 0.118 e. The van der Waals surface area contributed by atoms with Crippen molar-refractivity contribution in [3.8, 4) is 17.0 Å². The van der Waals surface area contributed by atoms with Crippen LogP contribution >= 0.6 is 0 Å². The minimum absolute atomic E-state index is 0.882. The van der Waals surface area contributed by atoms with Gasteiger partial charge in [0, 0.05) is 24.3 Å². The third-order valence-corrected chi connectivity index (χ3v) is 5.85. The SMILES string of the molecule is CCc1cccc(CC)c1-c1cc(C)c(CN(C)Cc2ccc(OC)cc2)c(C)n1. The summed E-state index contributed by atoms with van der Waals surface area (Å²) < 4.78 is 5.26. The zero-order valence-electron chi connectivity index (χ0n) is 19.2. The van der Waals surface area contributed by atoms with E-state index in [0.29, 0.717) is 0 Å². The molecule has 2 aromatic carbocycles. The van der Waals surface area contributed by atoms with Gasteiger partial charge in [-0.25, -0.2) is 0 Å². The molecule has 3 heteroatoms. The lowest BCUT2D eigenvalue weighted by Crippen LogP contribution is -2.19. The maximum absolute atomic E-state index is 5.26. The van der Waals surface area contributed by atoms with Gasteiger partial charge in [-0.1, -0.05) is 44.2 Å². The molecule has 0 unspecified atom stereocenters. The van der Waals surface area contributed by atoms with Crippen molar-refractivity contribution in [2.45, 2.75) is 53.6 Å². The highest BCUT2D eigenvalue weighted by molar-refractivity contribution is 5.69. The van der Waals surface area contributed by atoms with Crippen LogP contribution in [0.3, 0.4) is 0 Å². The normalized spacial score (nSPS) is 11.2. The number of aryl methyl sites for hydroxylation is 4. The third-order valence-electron chi connectivity index (χ3n) is 5.85. The highest BCUT2D eigenvalue weighted by atomic mass is 16.5. The van der Waals surface area contributed by atoms with Crippen molar-refractivity contribution in [1.82, 2.24) is 9.88 Å². The van der Waals surface area contributed by atoms with Crippen molar-refractivity contribution in [1.29, 1.82) is 0 Å². The summed E-state index contributed by atoms with van der Waals surface area (Å²) in [6, 6.07) is 17.2. The molecule has 0 amide bonds. The van der Waals surface area contributed by atoms with Crippen LogP contribution in [0, 0.1) is 13.8 Å². The van der Waals surface area contributed by atoms with Crippen molar-refractivity contribution >= 4 is 0 Å². The first-order valence-electron chi connectivity index (χ1n) is 10.9. The molecule has 1 heterocycles. The van der Waals surface area contributed by atoms with E-state index < -0.39 is 0 Å². The summed E-state index contributed by atoms with van der Waals surface area (Å²) in [6.45, 7) is 10.6. The van der Waals surface area contributed by atoms with Crippen molar-refractivity contribution in [2.75, 3.05) is 14.2 Å².